The second kappa shape index (κ2) is 6.75. The van der Waals surface area contributed by atoms with Crippen molar-refractivity contribution < 1.29 is 0 Å². The van der Waals surface area contributed by atoms with Gasteiger partial charge in [0.05, 0.1) is 0 Å². The molecule has 2 aliphatic rings. The standard InChI is InChI=1S/C15H30N2/c1-2-7-13-10-11-17(12-13)15-9-6-4-3-5-8-14(15)16/h13-15H,2-12,16H2,1H3. The summed E-state index contributed by atoms with van der Waals surface area (Å²) in [5.41, 5.74) is 6.41. The molecule has 2 nitrogen and oxygen atoms in total. The molecule has 1 saturated carbocycles. The number of nitrogens with zero attached hydrogens (tertiary/aromatic N) is 1. The minimum atomic E-state index is 0.440. The van der Waals surface area contributed by atoms with E-state index in [1.165, 1.54) is 70.9 Å². The van der Waals surface area contributed by atoms with E-state index in [1.807, 2.05) is 0 Å². The van der Waals surface area contributed by atoms with E-state index < -0.39 is 0 Å². The van der Waals surface area contributed by atoms with E-state index in [0.29, 0.717) is 12.1 Å². The molecule has 2 N–H and O–H groups in total. The third kappa shape index (κ3) is 3.69. The molecule has 0 amide bonds. The third-order valence-corrected chi connectivity index (χ3v) is 4.76. The Labute approximate surface area is 107 Å². The summed E-state index contributed by atoms with van der Waals surface area (Å²) in [6.07, 6.45) is 12.3. The minimum Gasteiger partial charge on any atom is -0.326 e. The Balaban J connectivity index is 1.86. The maximum Gasteiger partial charge on any atom is 0.0247 e. The van der Waals surface area contributed by atoms with E-state index >= 15 is 0 Å². The van der Waals surface area contributed by atoms with Crippen LogP contribution in [0.3, 0.4) is 0 Å². The van der Waals surface area contributed by atoms with Crippen LogP contribution in [-0.2, 0) is 0 Å². The number of nitrogens with two attached hydrogens (primary N) is 1. The van der Waals surface area contributed by atoms with Crippen molar-refractivity contribution in [1.29, 1.82) is 0 Å². The molecule has 2 heteroatoms. The molecule has 1 saturated heterocycles. The van der Waals surface area contributed by atoms with Gasteiger partial charge in [-0.1, -0.05) is 39.0 Å². The summed E-state index contributed by atoms with van der Waals surface area (Å²) in [5, 5.41) is 0. The van der Waals surface area contributed by atoms with Gasteiger partial charge in [0.15, 0.2) is 0 Å². The summed E-state index contributed by atoms with van der Waals surface area (Å²) in [6, 6.07) is 1.13. The van der Waals surface area contributed by atoms with Crippen molar-refractivity contribution in [2.24, 2.45) is 11.7 Å². The number of hydrogen-bond donors (Lipinski definition) is 1. The van der Waals surface area contributed by atoms with Crippen molar-refractivity contribution >= 4 is 0 Å². The molecule has 0 aromatic rings. The van der Waals surface area contributed by atoms with Crippen LogP contribution in [0.15, 0.2) is 0 Å². The second-order valence-electron chi connectivity index (χ2n) is 6.16. The Morgan fingerprint density at radius 3 is 2.59 bits per heavy atom. The van der Waals surface area contributed by atoms with Gasteiger partial charge in [0.1, 0.15) is 0 Å². The van der Waals surface area contributed by atoms with Gasteiger partial charge in [0.2, 0.25) is 0 Å². The Hall–Kier alpha value is -0.0800. The highest BCUT2D eigenvalue weighted by Gasteiger charge is 2.31. The van der Waals surface area contributed by atoms with Crippen LogP contribution in [0.1, 0.15) is 64.7 Å². The lowest BCUT2D eigenvalue weighted by Gasteiger charge is -2.34. The molecule has 0 bridgehead atoms. The van der Waals surface area contributed by atoms with E-state index in [2.05, 4.69) is 11.8 Å². The van der Waals surface area contributed by atoms with Crippen molar-refractivity contribution in [3.8, 4) is 0 Å². The van der Waals surface area contributed by atoms with E-state index in [1.54, 1.807) is 0 Å². The summed E-state index contributed by atoms with van der Waals surface area (Å²) < 4.78 is 0. The van der Waals surface area contributed by atoms with Gasteiger partial charge in [-0.3, -0.25) is 4.90 Å². The molecule has 2 rings (SSSR count). The average Bonchev–Trinajstić information content (AvgIpc) is 2.73. The summed E-state index contributed by atoms with van der Waals surface area (Å²) in [6.45, 7) is 4.94. The molecule has 17 heavy (non-hydrogen) atoms. The van der Waals surface area contributed by atoms with E-state index in [0.717, 1.165) is 5.92 Å². The molecule has 2 fully saturated rings. The highest BCUT2D eigenvalue weighted by Crippen LogP contribution is 2.28. The highest BCUT2D eigenvalue weighted by atomic mass is 15.2. The lowest BCUT2D eigenvalue weighted by Crippen LogP contribution is -2.47. The van der Waals surface area contributed by atoms with Crippen LogP contribution in [0.4, 0.5) is 0 Å². The van der Waals surface area contributed by atoms with E-state index in [4.69, 9.17) is 5.73 Å². The largest absolute Gasteiger partial charge is 0.326 e. The van der Waals surface area contributed by atoms with Crippen molar-refractivity contribution in [3.05, 3.63) is 0 Å². The Bertz CT molecular complexity index is 217. The van der Waals surface area contributed by atoms with Crippen LogP contribution < -0.4 is 5.73 Å². The number of likely N-dealkylation sites (tertiary alicyclic amines) is 1. The maximum absolute atomic E-state index is 6.41. The summed E-state index contributed by atoms with van der Waals surface area (Å²) in [4.78, 5) is 2.72. The first-order valence-corrected chi connectivity index (χ1v) is 7.81. The van der Waals surface area contributed by atoms with Gasteiger partial charge in [-0.05, 0) is 38.1 Å². The Kier molecular flexibility index (Phi) is 5.30. The molecule has 1 aliphatic heterocycles. The summed E-state index contributed by atoms with van der Waals surface area (Å²) >= 11 is 0. The Morgan fingerprint density at radius 1 is 1.06 bits per heavy atom. The van der Waals surface area contributed by atoms with Crippen molar-refractivity contribution in [2.45, 2.75) is 76.8 Å². The predicted octanol–water partition coefficient (Wildman–Crippen LogP) is 3.16. The average molecular weight is 238 g/mol. The maximum atomic E-state index is 6.41. The first-order valence-electron chi connectivity index (χ1n) is 7.81. The minimum absolute atomic E-state index is 0.440. The molecule has 3 atom stereocenters. The molecule has 0 spiro atoms. The van der Waals surface area contributed by atoms with Gasteiger partial charge in [-0.2, -0.15) is 0 Å². The fourth-order valence-corrected chi connectivity index (χ4v) is 3.75. The SMILES string of the molecule is CCCC1CCN(C2CCCCCCC2N)C1. The molecular formula is C15H30N2. The zero-order chi connectivity index (χ0) is 12.1. The first-order chi connectivity index (χ1) is 8.31. The van der Waals surface area contributed by atoms with Crippen molar-refractivity contribution in [3.63, 3.8) is 0 Å². The van der Waals surface area contributed by atoms with Crippen LogP contribution in [0, 0.1) is 5.92 Å². The third-order valence-electron chi connectivity index (χ3n) is 4.76. The second-order valence-corrected chi connectivity index (χ2v) is 6.16. The van der Waals surface area contributed by atoms with Gasteiger partial charge >= 0.3 is 0 Å². The molecule has 100 valence electrons. The van der Waals surface area contributed by atoms with Crippen molar-refractivity contribution in [1.82, 2.24) is 4.90 Å². The molecule has 3 unspecified atom stereocenters. The molecule has 1 aliphatic carbocycles. The van der Waals surface area contributed by atoms with Crippen LogP contribution >= 0.6 is 0 Å². The van der Waals surface area contributed by atoms with Gasteiger partial charge < -0.3 is 5.73 Å². The molecule has 1 heterocycles. The van der Waals surface area contributed by atoms with Crippen LogP contribution in [0.25, 0.3) is 0 Å². The van der Waals surface area contributed by atoms with Gasteiger partial charge in [-0.25, -0.2) is 0 Å². The van der Waals surface area contributed by atoms with E-state index in [9.17, 15) is 0 Å². The van der Waals surface area contributed by atoms with Gasteiger partial charge in [0.25, 0.3) is 0 Å². The fourth-order valence-electron chi connectivity index (χ4n) is 3.75. The highest BCUT2D eigenvalue weighted by molar-refractivity contribution is 4.88. The van der Waals surface area contributed by atoms with E-state index in [-0.39, 0.29) is 0 Å². The molecular weight excluding hydrogens is 208 g/mol. The summed E-state index contributed by atoms with van der Waals surface area (Å²) in [7, 11) is 0. The smallest absolute Gasteiger partial charge is 0.0247 e. The number of hydrogen-bond acceptors (Lipinski definition) is 2. The molecule has 0 aromatic carbocycles. The lowest BCUT2D eigenvalue weighted by atomic mass is 9.92. The van der Waals surface area contributed by atoms with Crippen LogP contribution in [0.5, 0.6) is 0 Å². The van der Waals surface area contributed by atoms with Crippen LogP contribution in [-0.4, -0.2) is 30.1 Å². The van der Waals surface area contributed by atoms with Crippen LogP contribution in [0.2, 0.25) is 0 Å². The van der Waals surface area contributed by atoms with Gasteiger partial charge in [0, 0.05) is 18.6 Å². The lowest BCUT2D eigenvalue weighted by molar-refractivity contribution is 0.174. The fraction of sp³-hybridized carbons (Fsp3) is 1.00. The Morgan fingerprint density at radius 2 is 1.82 bits per heavy atom. The first kappa shape index (κ1) is 13.4. The van der Waals surface area contributed by atoms with Gasteiger partial charge in [-0.15, -0.1) is 0 Å². The molecule has 0 radical (unpaired) electrons. The summed E-state index contributed by atoms with van der Waals surface area (Å²) in [5.74, 6) is 0.956. The quantitative estimate of drug-likeness (QED) is 0.818. The predicted molar refractivity (Wildman–Crippen MR) is 74.1 cm³/mol. The zero-order valence-corrected chi connectivity index (χ0v) is 11.5. The van der Waals surface area contributed by atoms with Crippen molar-refractivity contribution in [2.75, 3.05) is 13.1 Å². The zero-order valence-electron chi connectivity index (χ0n) is 11.5. The monoisotopic (exact) mass is 238 g/mol. The topological polar surface area (TPSA) is 29.3 Å². The molecule has 0 aromatic heterocycles. The normalized spacial score (nSPS) is 36.7. The number of rotatable bonds is 3.